The number of hydrogen-bond acceptors (Lipinski definition) is 22. The Morgan fingerprint density at radius 2 is 0.519 bits per heavy atom. The van der Waals surface area contributed by atoms with Crippen LogP contribution in [0.15, 0.2) is 298 Å². The molecule has 133 heavy (non-hydrogen) atoms. The highest BCUT2D eigenvalue weighted by atomic mass is 19.1. The fourth-order valence-corrected chi connectivity index (χ4v) is 15.8. The summed E-state index contributed by atoms with van der Waals surface area (Å²) in [5.41, 5.74) is 11.1. The van der Waals surface area contributed by atoms with E-state index in [1.165, 1.54) is 48.7 Å². The van der Waals surface area contributed by atoms with E-state index in [1.807, 2.05) is 177 Å². The molecule has 0 N–H and O–H groups in total. The third kappa shape index (κ3) is 22.4. The third-order valence-electron chi connectivity index (χ3n) is 22.8. The number of nitrogens with zero attached hydrogens (tertiary/aromatic N) is 26. The van der Waals surface area contributed by atoms with Gasteiger partial charge < -0.3 is 39.2 Å². The van der Waals surface area contributed by atoms with Crippen LogP contribution >= 0.6 is 0 Å². The van der Waals surface area contributed by atoms with Crippen LogP contribution in [0.4, 0.5) is 45.4 Å². The largest absolute Gasteiger partial charge is 0.353 e. The second-order valence-electron chi connectivity index (χ2n) is 31.3. The number of carbonyl (C=O) groups excluding carboxylic acids is 4. The Kier molecular flexibility index (Phi) is 28.1. The van der Waals surface area contributed by atoms with Gasteiger partial charge in [0.2, 0.25) is 29.6 Å². The lowest BCUT2D eigenvalue weighted by atomic mass is 10.1. The molecule has 0 radical (unpaired) electrons. The van der Waals surface area contributed by atoms with Crippen LogP contribution in [0.2, 0.25) is 0 Å². The lowest BCUT2D eigenvalue weighted by Crippen LogP contribution is -2.50. The molecule has 4 aromatic carbocycles. The zero-order valence-electron chi connectivity index (χ0n) is 72.1. The SMILES string of the molecule is O=C(Cn1nc(-c2ccc(F)cn2)cc1-c1ccc(F)cc1)N1CCN(c2ccccn2)CC1.O=C(Cn1nc(-c2ccc(F)cn2)cc1-c1ccccc1)N1CCN(c2ccccn2)CC1.O=C(Cn1nc(-c2ccc(F)cn2)cc1-c1ccccc1)N1CCN(c2cccnn2)CC1.O=C(Cn1nc(-c2ccc(F)cn2)cc1-c1ccccc1)N1CCN(c2ncccn2)CC1. The Hall–Kier alpha value is -16.5. The normalized spacial score (nSPS) is 13.8. The number of pyridine rings is 6. The van der Waals surface area contributed by atoms with Crippen molar-refractivity contribution in [3.63, 3.8) is 0 Å². The van der Waals surface area contributed by atoms with E-state index in [4.69, 9.17) is 0 Å². The molecule has 16 heterocycles. The summed E-state index contributed by atoms with van der Waals surface area (Å²) in [6, 6.07) is 71.6. The number of aromatic nitrogens is 18. The van der Waals surface area contributed by atoms with Gasteiger partial charge in [-0.25, -0.2) is 41.9 Å². The zero-order valence-corrected chi connectivity index (χ0v) is 72.1. The van der Waals surface area contributed by atoms with Gasteiger partial charge >= 0.3 is 0 Å². The van der Waals surface area contributed by atoms with Gasteiger partial charge in [-0.15, -0.1) is 5.10 Å². The number of carbonyl (C=O) groups is 4. The number of rotatable bonds is 20. The number of anilines is 4. The Labute approximate surface area is 761 Å². The van der Waals surface area contributed by atoms with Crippen molar-refractivity contribution >= 4 is 47.0 Å². The predicted octanol–water partition coefficient (Wildman–Crippen LogP) is 12.9. The van der Waals surface area contributed by atoms with Crippen LogP contribution in [-0.2, 0) is 45.4 Å². The lowest BCUT2D eigenvalue weighted by Gasteiger charge is -2.35. The smallest absolute Gasteiger partial charge is 0.244 e. The van der Waals surface area contributed by atoms with Crippen LogP contribution in [0.5, 0.6) is 0 Å². The van der Waals surface area contributed by atoms with Gasteiger partial charge in [0.15, 0.2) is 5.82 Å². The van der Waals surface area contributed by atoms with Gasteiger partial charge in [0.1, 0.15) is 89.7 Å². The van der Waals surface area contributed by atoms with E-state index >= 15 is 0 Å². The number of hydrogen-bond donors (Lipinski definition) is 0. The number of benzene rings is 4. The van der Waals surface area contributed by atoms with E-state index in [0.717, 1.165) is 88.5 Å². The van der Waals surface area contributed by atoms with Gasteiger partial charge in [-0.1, -0.05) is 103 Å². The third-order valence-corrected chi connectivity index (χ3v) is 22.8. The highest BCUT2D eigenvalue weighted by molar-refractivity contribution is 5.81. The Morgan fingerprint density at radius 3 is 0.805 bits per heavy atom. The van der Waals surface area contributed by atoms with Gasteiger partial charge in [-0.3, -0.25) is 57.8 Å². The van der Waals surface area contributed by atoms with E-state index in [-0.39, 0.29) is 55.6 Å². The molecule has 4 aliphatic heterocycles. The van der Waals surface area contributed by atoms with Crippen LogP contribution in [-0.4, -0.2) is 237 Å². The molecule has 0 unspecified atom stereocenters. The highest BCUT2D eigenvalue weighted by Crippen LogP contribution is 2.32. The molecule has 30 nitrogen and oxygen atoms in total. The number of piperazine rings is 4. The second-order valence-corrected chi connectivity index (χ2v) is 31.3. The van der Waals surface area contributed by atoms with Crippen molar-refractivity contribution in [1.82, 2.24) is 109 Å². The predicted molar refractivity (Wildman–Crippen MR) is 491 cm³/mol. The van der Waals surface area contributed by atoms with E-state index < -0.39 is 23.3 Å². The standard InChI is InChI=1S/C25H22F2N6O.C25H23FN6O.2C24H22FN7O/c26-19-6-4-18(5-7-19)23-15-22(21-9-8-20(27)16-29-21)30-33(23)17-25(34)32-13-11-31(12-14-32)24-3-1-2-10-28-24;26-20-9-10-21(28-17-20)22-16-23(19-6-2-1-3-7-19)32(29-22)18-25(33)31-14-12-30(13-15-31)24-8-4-5-11-27-24;25-19-7-8-20(28-16-19)21-15-22(18-5-2-1-3-6-18)32(29-21)17-23(33)30-11-13-31(14-12-30)24-26-9-4-10-27-24;25-19-8-9-20(26-16-19)21-15-22(18-5-2-1-3-6-18)32(29-21)17-24(33)31-13-11-30(12-14-31)23-7-4-10-27-28-23/h1-10,15-16H,11-14,17H2;1-11,16-17H,12-15,18H2;2*1-10,15-16H,11-14,17H2. The summed E-state index contributed by atoms with van der Waals surface area (Å²) in [7, 11) is 0. The quantitative estimate of drug-likeness (QED) is 0.0640. The van der Waals surface area contributed by atoms with Gasteiger partial charge in [0.05, 0.1) is 70.3 Å². The molecule has 16 aromatic rings. The fraction of sp³-hybridized carbons (Fsp3) is 0.204. The summed E-state index contributed by atoms with van der Waals surface area (Å²) in [5, 5.41) is 26.6. The van der Waals surface area contributed by atoms with Crippen molar-refractivity contribution in [1.29, 1.82) is 0 Å². The molecule has 4 fully saturated rings. The van der Waals surface area contributed by atoms with E-state index in [1.54, 1.807) is 92.2 Å². The van der Waals surface area contributed by atoms with Crippen molar-refractivity contribution in [3.8, 4) is 90.6 Å². The van der Waals surface area contributed by atoms with Crippen LogP contribution in [0.25, 0.3) is 90.6 Å². The fourth-order valence-electron chi connectivity index (χ4n) is 15.8. The van der Waals surface area contributed by atoms with Gasteiger partial charge in [-0.2, -0.15) is 25.5 Å². The van der Waals surface area contributed by atoms with Crippen molar-refractivity contribution < 1.29 is 41.1 Å². The Morgan fingerprint density at radius 1 is 0.241 bits per heavy atom. The molecule has 0 saturated carbocycles. The lowest BCUT2D eigenvalue weighted by molar-refractivity contribution is -0.133. The molecule has 4 amide bonds. The summed E-state index contributed by atoms with van der Waals surface area (Å²) in [6.07, 6.45) is 13.2. The molecule has 0 aliphatic carbocycles. The Bertz CT molecular complexity index is 6050. The molecule has 4 saturated heterocycles. The minimum Gasteiger partial charge on any atom is -0.353 e. The zero-order chi connectivity index (χ0) is 91.4. The van der Waals surface area contributed by atoms with Crippen molar-refractivity contribution in [2.75, 3.05) is 124 Å². The van der Waals surface area contributed by atoms with Crippen molar-refractivity contribution in [2.24, 2.45) is 0 Å². The molecule has 35 heteroatoms. The summed E-state index contributed by atoms with van der Waals surface area (Å²) in [4.78, 5) is 102. The maximum atomic E-state index is 13.5. The van der Waals surface area contributed by atoms with Crippen molar-refractivity contribution in [2.45, 2.75) is 26.2 Å². The maximum Gasteiger partial charge on any atom is 0.244 e. The van der Waals surface area contributed by atoms with Gasteiger partial charge in [0, 0.05) is 141 Å². The minimum atomic E-state index is -0.443. The highest BCUT2D eigenvalue weighted by Gasteiger charge is 2.30. The second kappa shape index (κ2) is 42.2. The molecule has 20 rings (SSSR count). The van der Waals surface area contributed by atoms with Crippen LogP contribution in [0.1, 0.15) is 0 Å². The summed E-state index contributed by atoms with van der Waals surface area (Å²) >= 11 is 0. The summed E-state index contributed by atoms with van der Waals surface area (Å²) in [6.45, 7) is 10.7. The molecule has 670 valence electrons. The van der Waals surface area contributed by atoms with Crippen LogP contribution < -0.4 is 19.6 Å². The van der Waals surface area contributed by atoms with E-state index in [9.17, 15) is 41.1 Å². The minimum absolute atomic E-state index is 0.00677. The molecule has 0 atom stereocenters. The average molecular weight is 1790 g/mol. The molecular weight excluding hydrogens is 1700 g/mol. The molecular formula is C98H89F5N26O4. The van der Waals surface area contributed by atoms with E-state index in [2.05, 4.69) is 90.1 Å². The number of halogens is 5. The van der Waals surface area contributed by atoms with Gasteiger partial charge in [-0.05, 0) is 156 Å². The van der Waals surface area contributed by atoms with Gasteiger partial charge in [0.25, 0.3) is 0 Å². The molecule has 0 bridgehead atoms. The average Bonchev–Trinajstić information content (AvgIpc) is 1.65. The van der Waals surface area contributed by atoms with Crippen LogP contribution in [0.3, 0.4) is 0 Å². The molecule has 12 aromatic heterocycles. The first-order valence-corrected chi connectivity index (χ1v) is 43.3. The first-order valence-electron chi connectivity index (χ1n) is 43.3. The summed E-state index contributed by atoms with van der Waals surface area (Å²) < 4.78 is 73.5. The monoisotopic (exact) mass is 1790 g/mol. The first kappa shape index (κ1) is 88.5. The van der Waals surface area contributed by atoms with Crippen molar-refractivity contribution in [3.05, 3.63) is 328 Å². The maximum absolute atomic E-state index is 13.5. The first-order chi connectivity index (χ1) is 65.1. The molecule has 0 spiro atoms. The summed E-state index contributed by atoms with van der Waals surface area (Å²) in [5.74, 6) is 1.25. The molecule has 4 aliphatic rings. The van der Waals surface area contributed by atoms with Crippen LogP contribution in [0, 0.1) is 29.1 Å². The number of amides is 4. The van der Waals surface area contributed by atoms with E-state index in [0.29, 0.717) is 149 Å². The Balaban J connectivity index is 0.000000124. The topological polar surface area (TPSA) is 294 Å².